The topological polar surface area (TPSA) is 81.5 Å². The van der Waals surface area contributed by atoms with Gasteiger partial charge in [-0.1, -0.05) is 42.5 Å². The number of nitriles is 1. The maximum atomic E-state index is 9.34. The van der Waals surface area contributed by atoms with Gasteiger partial charge in [0.15, 0.2) is 0 Å². The van der Waals surface area contributed by atoms with Crippen LogP contribution < -0.4 is 0 Å². The zero-order valence-electron chi connectivity index (χ0n) is 16.8. The van der Waals surface area contributed by atoms with Crippen LogP contribution in [0.3, 0.4) is 0 Å². The van der Waals surface area contributed by atoms with Gasteiger partial charge in [0, 0.05) is 37.7 Å². The lowest BCUT2D eigenvalue weighted by atomic mass is 10.0. The van der Waals surface area contributed by atoms with Gasteiger partial charge in [0.05, 0.1) is 36.0 Å². The number of aryl methyl sites for hydroxylation is 2. The van der Waals surface area contributed by atoms with Crippen molar-refractivity contribution in [3.63, 3.8) is 0 Å². The Labute approximate surface area is 175 Å². The van der Waals surface area contributed by atoms with Crippen molar-refractivity contribution < 1.29 is 4.74 Å². The van der Waals surface area contributed by atoms with Crippen molar-refractivity contribution in [2.24, 2.45) is 0 Å². The highest BCUT2D eigenvalue weighted by Gasteiger charge is 2.16. The molecule has 150 valence electrons. The van der Waals surface area contributed by atoms with Crippen molar-refractivity contribution in [2.45, 2.75) is 19.5 Å². The number of aromatic nitrogens is 5. The van der Waals surface area contributed by atoms with Crippen molar-refractivity contribution in [1.29, 1.82) is 5.26 Å². The molecule has 7 heteroatoms. The largest absolute Gasteiger partial charge is 0.383 e. The quantitative estimate of drug-likeness (QED) is 0.453. The van der Waals surface area contributed by atoms with E-state index in [1.54, 1.807) is 13.4 Å². The van der Waals surface area contributed by atoms with Gasteiger partial charge in [-0.05, 0) is 12.1 Å². The average molecular weight is 398 g/mol. The van der Waals surface area contributed by atoms with Crippen LogP contribution in [0.2, 0.25) is 0 Å². The SMILES string of the molecule is COCCn1cnnc1CCn1cnc(-c2ccccc2)c1-c1cccc(C#N)c1. The third kappa shape index (κ3) is 4.14. The molecule has 7 nitrogen and oxygen atoms in total. The predicted molar refractivity (Wildman–Crippen MR) is 113 cm³/mol. The van der Waals surface area contributed by atoms with Crippen LogP contribution in [0.5, 0.6) is 0 Å². The Balaban J connectivity index is 1.69. The second kappa shape index (κ2) is 9.16. The maximum Gasteiger partial charge on any atom is 0.134 e. The molecule has 0 saturated heterocycles. The number of nitrogens with zero attached hydrogens (tertiary/aromatic N) is 6. The van der Waals surface area contributed by atoms with Gasteiger partial charge >= 0.3 is 0 Å². The summed E-state index contributed by atoms with van der Waals surface area (Å²) >= 11 is 0. The number of methoxy groups -OCH3 is 1. The van der Waals surface area contributed by atoms with Crippen LogP contribution >= 0.6 is 0 Å². The number of ether oxygens (including phenoxy) is 1. The lowest BCUT2D eigenvalue weighted by Gasteiger charge is -2.12. The van der Waals surface area contributed by atoms with Crippen LogP contribution in [-0.4, -0.2) is 38.0 Å². The summed E-state index contributed by atoms with van der Waals surface area (Å²) in [6.45, 7) is 2.02. The molecule has 0 fully saturated rings. The van der Waals surface area contributed by atoms with Gasteiger partial charge < -0.3 is 13.9 Å². The second-order valence-corrected chi connectivity index (χ2v) is 6.88. The number of benzene rings is 2. The highest BCUT2D eigenvalue weighted by Crippen LogP contribution is 2.31. The molecule has 0 bridgehead atoms. The Morgan fingerprint density at radius 3 is 2.60 bits per heavy atom. The van der Waals surface area contributed by atoms with Gasteiger partial charge in [0.2, 0.25) is 0 Å². The summed E-state index contributed by atoms with van der Waals surface area (Å²) in [6, 6.07) is 19.9. The van der Waals surface area contributed by atoms with E-state index in [0.29, 0.717) is 25.1 Å². The molecule has 0 N–H and O–H groups in total. The number of hydrogen-bond donors (Lipinski definition) is 0. The molecule has 2 heterocycles. The highest BCUT2D eigenvalue weighted by molar-refractivity contribution is 5.79. The third-order valence-corrected chi connectivity index (χ3v) is 4.96. The van der Waals surface area contributed by atoms with Crippen molar-refractivity contribution in [3.05, 3.63) is 78.6 Å². The minimum Gasteiger partial charge on any atom is -0.383 e. The fourth-order valence-corrected chi connectivity index (χ4v) is 3.47. The van der Waals surface area contributed by atoms with Crippen LogP contribution in [0.25, 0.3) is 22.5 Å². The summed E-state index contributed by atoms with van der Waals surface area (Å²) in [5, 5.41) is 17.6. The molecule has 0 radical (unpaired) electrons. The van der Waals surface area contributed by atoms with E-state index in [1.165, 1.54) is 0 Å². The van der Waals surface area contributed by atoms with Crippen molar-refractivity contribution in [3.8, 4) is 28.6 Å². The Morgan fingerprint density at radius 2 is 1.80 bits per heavy atom. The van der Waals surface area contributed by atoms with Gasteiger partial charge in [-0.2, -0.15) is 5.26 Å². The maximum absolute atomic E-state index is 9.34. The number of imidazole rings is 1. The van der Waals surface area contributed by atoms with E-state index in [9.17, 15) is 5.26 Å². The normalized spacial score (nSPS) is 10.8. The molecular formula is C23H22N6O. The highest BCUT2D eigenvalue weighted by atomic mass is 16.5. The molecule has 30 heavy (non-hydrogen) atoms. The van der Waals surface area contributed by atoms with Crippen LogP contribution in [0.15, 0.2) is 67.3 Å². The third-order valence-electron chi connectivity index (χ3n) is 4.96. The van der Waals surface area contributed by atoms with E-state index < -0.39 is 0 Å². The summed E-state index contributed by atoms with van der Waals surface area (Å²) in [7, 11) is 1.68. The van der Waals surface area contributed by atoms with Gasteiger partial charge in [-0.15, -0.1) is 10.2 Å². The summed E-state index contributed by atoms with van der Waals surface area (Å²) in [6.07, 6.45) is 4.29. The average Bonchev–Trinajstić information content (AvgIpc) is 3.43. The monoisotopic (exact) mass is 398 g/mol. The molecule has 0 unspecified atom stereocenters. The van der Waals surface area contributed by atoms with Crippen molar-refractivity contribution >= 4 is 0 Å². The molecule has 0 amide bonds. The standard InChI is InChI=1S/C23H22N6O/c1-30-13-12-28-17-26-27-21(28)10-11-29-16-25-22(19-7-3-2-4-8-19)23(29)20-9-5-6-18(14-20)15-24/h2-9,14,16-17H,10-13H2,1H3. The summed E-state index contributed by atoms with van der Waals surface area (Å²) in [5.74, 6) is 0.902. The molecule has 0 aliphatic rings. The van der Waals surface area contributed by atoms with Crippen molar-refractivity contribution in [1.82, 2.24) is 24.3 Å². The lowest BCUT2D eigenvalue weighted by molar-refractivity contribution is 0.186. The lowest BCUT2D eigenvalue weighted by Crippen LogP contribution is -2.11. The molecular weight excluding hydrogens is 376 g/mol. The Kier molecular flexibility index (Phi) is 5.97. The van der Waals surface area contributed by atoms with Gasteiger partial charge in [-0.25, -0.2) is 4.98 Å². The predicted octanol–water partition coefficient (Wildman–Crippen LogP) is 3.57. The first kappa shape index (κ1) is 19.6. The van der Waals surface area contributed by atoms with Crippen LogP contribution in [0.1, 0.15) is 11.4 Å². The van der Waals surface area contributed by atoms with Crippen LogP contribution in [0, 0.1) is 11.3 Å². The zero-order chi connectivity index (χ0) is 20.8. The fourth-order valence-electron chi connectivity index (χ4n) is 3.47. The van der Waals surface area contributed by atoms with Crippen LogP contribution in [0.4, 0.5) is 0 Å². The van der Waals surface area contributed by atoms with Gasteiger partial charge in [-0.3, -0.25) is 0 Å². The smallest absolute Gasteiger partial charge is 0.134 e. The second-order valence-electron chi connectivity index (χ2n) is 6.88. The fraction of sp³-hybridized carbons (Fsp3) is 0.217. The minimum absolute atomic E-state index is 0.612. The summed E-state index contributed by atoms with van der Waals surface area (Å²) in [5.41, 5.74) is 4.51. The molecule has 4 aromatic rings. The molecule has 0 aliphatic heterocycles. The Hall–Kier alpha value is -3.76. The molecule has 0 atom stereocenters. The summed E-state index contributed by atoms with van der Waals surface area (Å²) in [4.78, 5) is 4.71. The number of hydrogen-bond acceptors (Lipinski definition) is 5. The first-order valence-electron chi connectivity index (χ1n) is 9.77. The summed E-state index contributed by atoms with van der Waals surface area (Å²) < 4.78 is 9.29. The van der Waals surface area contributed by atoms with E-state index in [0.717, 1.165) is 34.9 Å². The van der Waals surface area contributed by atoms with E-state index in [4.69, 9.17) is 9.72 Å². The number of rotatable bonds is 8. The minimum atomic E-state index is 0.612. The van der Waals surface area contributed by atoms with E-state index in [1.807, 2.05) is 65.5 Å². The van der Waals surface area contributed by atoms with E-state index in [2.05, 4.69) is 20.8 Å². The Bertz CT molecular complexity index is 1160. The van der Waals surface area contributed by atoms with Gasteiger partial charge in [0.25, 0.3) is 0 Å². The molecule has 2 aromatic carbocycles. The first-order valence-corrected chi connectivity index (χ1v) is 9.77. The molecule has 0 saturated carbocycles. The Morgan fingerprint density at radius 1 is 0.967 bits per heavy atom. The molecule has 0 aliphatic carbocycles. The molecule has 0 spiro atoms. The molecule has 4 rings (SSSR count). The van der Waals surface area contributed by atoms with Crippen LogP contribution in [-0.2, 0) is 24.2 Å². The molecule has 2 aromatic heterocycles. The van der Waals surface area contributed by atoms with Crippen molar-refractivity contribution in [2.75, 3.05) is 13.7 Å². The van der Waals surface area contributed by atoms with Gasteiger partial charge in [0.1, 0.15) is 12.2 Å². The van der Waals surface area contributed by atoms with E-state index >= 15 is 0 Å². The first-order chi connectivity index (χ1) is 14.8. The zero-order valence-corrected chi connectivity index (χ0v) is 16.8. The van der Waals surface area contributed by atoms with E-state index in [-0.39, 0.29) is 0 Å².